The first-order chi connectivity index (χ1) is 17.1. The van der Waals surface area contributed by atoms with E-state index < -0.39 is 0 Å². The van der Waals surface area contributed by atoms with Gasteiger partial charge in [0.15, 0.2) is 15.8 Å². The van der Waals surface area contributed by atoms with Crippen molar-refractivity contribution in [3.63, 3.8) is 0 Å². The van der Waals surface area contributed by atoms with Crippen molar-refractivity contribution in [2.24, 2.45) is 5.10 Å². The number of carbonyl (C=O) groups is 1. The monoisotopic (exact) mass is 568 g/mol. The molecule has 0 saturated heterocycles. The van der Waals surface area contributed by atoms with Gasteiger partial charge in [0, 0.05) is 10.0 Å². The molecule has 0 saturated carbocycles. The summed E-state index contributed by atoms with van der Waals surface area (Å²) < 4.78 is 13.1. The van der Waals surface area contributed by atoms with Crippen LogP contribution in [-0.2, 0) is 11.4 Å². The summed E-state index contributed by atoms with van der Waals surface area (Å²) in [6, 6.07) is 23.2. The highest BCUT2D eigenvalue weighted by Crippen LogP contribution is 2.30. The highest BCUT2D eigenvalue weighted by molar-refractivity contribution is 9.10. The number of hydrogen-bond donors (Lipinski definition) is 1. The second-order valence-corrected chi connectivity index (χ2v) is 10.3. The number of hydrazone groups is 1. The van der Waals surface area contributed by atoms with Gasteiger partial charge in [-0.1, -0.05) is 81.5 Å². The van der Waals surface area contributed by atoms with Crippen LogP contribution in [-0.4, -0.2) is 35.2 Å². The Morgan fingerprint density at radius 3 is 2.74 bits per heavy atom. The SMILES string of the molecule is COc1cc(C=NNC(=O)CSc2nnc(-c3ccccc3)s2)ccc1OCc1cccc(Br)c1. The third kappa shape index (κ3) is 7.38. The summed E-state index contributed by atoms with van der Waals surface area (Å²) in [7, 11) is 1.58. The van der Waals surface area contributed by atoms with Crippen molar-refractivity contribution in [3.05, 3.63) is 88.4 Å². The van der Waals surface area contributed by atoms with Crippen LogP contribution in [0.4, 0.5) is 0 Å². The average molecular weight is 570 g/mol. The van der Waals surface area contributed by atoms with Crippen molar-refractivity contribution < 1.29 is 14.3 Å². The Bertz CT molecular complexity index is 1320. The highest BCUT2D eigenvalue weighted by Gasteiger charge is 2.10. The molecule has 1 heterocycles. The molecule has 0 aliphatic carbocycles. The van der Waals surface area contributed by atoms with Gasteiger partial charge in [0.2, 0.25) is 0 Å². The summed E-state index contributed by atoms with van der Waals surface area (Å²) in [5.41, 5.74) is 5.34. The predicted molar refractivity (Wildman–Crippen MR) is 143 cm³/mol. The minimum absolute atomic E-state index is 0.187. The fourth-order valence-corrected chi connectivity index (χ4v) is 5.07. The molecule has 0 atom stereocenters. The van der Waals surface area contributed by atoms with Crippen LogP contribution in [0.2, 0.25) is 0 Å². The van der Waals surface area contributed by atoms with Crippen molar-refractivity contribution in [2.45, 2.75) is 10.9 Å². The third-order valence-corrected chi connectivity index (χ3v) is 7.23. The Balaban J connectivity index is 1.27. The van der Waals surface area contributed by atoms with Crippen molar-refractivity contribution >= 4 is 51.2 Å². The molecule has 10 heteroatoms. The number of thioether (sulfide) groups is 1. The number of amides is 1. The lowest BCUT2D eigenvalue weighted by Crippen LogP contribution is -2.19. The van der Waals surface area contributed by atoms with Crippen molar-refractivity contribution in [3.8, 4) is 22.1 Å². The molecule has 1 N–H and O–H groups in total. The van der Waals surface area contributed by atoms with Gasteiger partial charge in [0.25, 0.3) is 5.91 Å². The zero-order valence-electron chi connectivity index (χ0n) is 18.7. The third-order valence-electron chi connectivity index (χ3n) is 4.63. The van der Waals surface area contributed by atoms with Crippen molar-refractivity contribution in [1.29, 1.82) is 0 Å². The molecule has 3 aromatic carbocycles. The van der Waals surface area contributed by atoms with Crippen LogP contribution in [0.15, 0.2) is 86.7 Å². The lowest BCUT2D eigenvalue weighted by Gasteiger charge is -2.11. The molecule has 4 rings (SSSR count). The average Bonchev–Trinajstić information content (AvgIpc) is 3.36. The summed E-state index contributed by atoms with van der Waals surface area (Å²) in [5, 5.41) is 13.2. The number of nitrogens with one attached hydrogen (secondary N) is 1. The fraction of sp³-hybridized carbons (Fsp3) is 0.120. The van der Waals surface area contributed by atoms with E-state index in [9.17, 15) is 4.79 Å². The maximum absolute atomic E-state index is 12.2. The lowest BCUT2D eigenvalue weighted by molar-refractivity contribution is -0.118. The van der Waals surface area contributed by atoms with Gasteiger partial charge in [-0.2, -0.15) is 5.10 Å². The maximum atomic E-state index is 12.2. The van der Waals surface area contributed by atoms with Crippen LogP contribution in [0.1, 0.15) is 11.1 Å². The smallest absolute Gasteiger partial charge is 0.250 e. The van der Waals surface area contributed by atoms with Gasteiger partial charge >= 0.3 is 0 Å². The van der Waals surface area contributed by atoms with Gasteiger partial charge in [-0.15, -0.1) is 10.2 Å². The minimum Gasteiger partial charge on any atom is -0.493 e. The molecule has 4 aromatic rings. The normalized spacial score (nSPS) is 10.9. The molecule has 1 aromatic heterocycles. The Hall–Kier alpha value is -3.21. The zero-order valence-corrected chi connectivity index (χ0v) is 21.9. The molecule has 0 spiro atoms. The van der Waals surface area contributed by atoms with Crippen LogP contribution < -0.4 is 14.9 Å². The van der Waals surface area contributed by atoms with E-state index in [0.29, 0.717) is 18.1 Å². The first-order valence-electron chi connectivity index (χ1n) is 10.5. The topological polar surface area (TPSA) is 85.7 Å². The molecule has 0 radical (unpaired) electrons. The van der Waals surface area contributed by atoms with Gasteiger partial charge in [-0.05, 0) is 41.5 Å². The number of aromatic nitrogens is 2. The molecule has 178 valence electrons. The van der Waals surface area contributed by atoms with E-state index in [4.69, 9.17) is 9.47 Å². The summed E-state index contributed by atoms with van der Waals surface area (Å²) in [6.07, 6.45) is 1.56. The fourth-order valence-electron chi connectivity index (χ4n) is 2.98. The second kappa shape index (κ2) is 12.5. The van der Waals surface area contributed by atoms with Crippen LogP contribution >= 0.6 is 39.0 Å². The first-order valence-corrected chi connectivity index (χ1v) is 13.1. The van der Waals surface area contributed by atoms with E-state index in [1.54, 1.807) is 19.4 Å². The van der Waals surface area contributed by atoms with Crippen LogP contribution in [0.5, 0.6) is 11.5 Å². The van der Waals surface area contributed by atoms with E-state index in [2.05, 4.69) is 36.7 Å². The van der Waals surface area contributed by atoms with E-state index in [1.165, 1.54) is 23.1 Å². The maximum Gasteiger partial charge on any atom is 0.250 e. The van der Waals surface area contributed by atoms with Crippen LogP contribution in [0.25, 0.3) is 10.6 Å². The van der Waals surface area contributed by atoms with Crippen molar-refractivity contribution in [1.82, 2.24) is 15.6 Å². The molecular formula is C25H21BrN4O3S2. The van der Waals surface area contributed by atoms with Crippen molar-refractivity contribution in [2.75, 3.05) is 12.9 Å². The van der Waals surface area contributed by atoms with Gasteiger partial charge in [0.05, 0.1) is 19.1 Å². The molecular weight excluding hydrogens is 548 g/mol. The first kappa shape index (κ1) is 24.9. The summed E-state index contributed by atoms with van der Waals surface area (Å²) in [4.78, 5) is 12.2. The second-order valence-electron chi connectivity index (χ2n) is 7.15. The van der Waals surface area contributed by atoms with Gasteiger partial charge in [-0.25, -0.2) is 5.43 Å². The minimum atomic E-state index is -0.233. The Morgan fingerprint density at radius 1 is 1.09 bits per heavy atom. The molecule has 0 bridgehead atoms. The van der Waals surface area contributed by atoms with Crippen LogP contribution in [0.3, 0.4) is 0 Å². The Kier molecular flexibility index (Phi) is 8.88. The number of nitrogens with zero attached hydrogens (tertiary/aromatic N) is 3. The number of hydrogen-bond acceptors (Lipinski definition) is 8. The molecule has 1 amide bonds. The summed E-state index contributed by atoms with van der Waals surface area (Å²) >= 11 is 6.23. The quantitative estimate of drug-likeness (QED) is 0.148. The predicted octanol–water partition coefficient (Wildman–Crippen LogP) is 5.80. The molecule has 0 aliphatic rings. The molecule has 35 heavy (non-hydrogen) atoms. The van der Waals surface area contributed by atoms with Crippen LogP contribution in [0, 0.1) is 0 Å². The molecule has 7 nitrogen and oxygen atoms in total. The highest BCUT2D eigenvalue weighted by atomic mass is 79.9. The molecule has 0 fully saturated rings. The number of carbonyl (C=O) groups excluding carboxylic acids is 1. The van der Waals surface area contributed by atoms with Gasteiger partial charge in [0.1, 0.15) is 11.6 Å². The number of methoxy groups -OCH3 is 1. The summed E-state index contributed by atoms with van der Waals surface area (Å²) in [6.45, 7) is 0.415. The Morgan fingerprint density at radius 2 is 1.94 bits per heavy atom. The van der Waals surface area contributed by atoms with E-state index in [0.717, 1.165) is 30.5 Å². The number of benzene rings is 3. The Labute approximate surface area is 219 Å². The van der Waals surface area contributed by atoms with E-state index in [1.807, 2.05) is 66.7 Å². The number of halogens is 1. The van der Waals surface area contributed by atoms with E-state index >= 15 is 0 Å². The van der Waals surface area contributed by atoms with Gasteiger partial charge in [-0.3, -0.25) is 4.79 Å². The summed E-state index contributed by atoms with van der Waals surface area (Å²) in [5.74, 6) is 1.16. The number of ether oxygens (including phenoxy) is 2. The largest absolute Gasteiger partial charge is 0.493 e. The number of rotatable bonds is 10. The van der Waals surface area contributed by atoms with Gasteiger partial charge < -0.3 is 9.47 Å². The molecule has 0 unspecified atom stereocenters. The van der Waals surface area contributed by atoms with E-state index in [-0.39, 0.29) is 11.7 Å². The standard InChI is InChI=1S/C25H21BrN4O3S2/c1-32-22-13-17(10-11-21(22)33-15-18-6-5-9-20(26)12-18)14-27-28-23(31)16-34-25-30-29-24(35-25)19-7-3-2-4-8-19/h2-14H,15-16H2,1H3,(H,28,31). The molecule has 0 aliphatic heterocycles. The lowest BCUT2D eigenvalue weighted by atomic mass is 10.2. The zero-order chi connectivity index (χ0) is 24.5.